The first-order chi connectivity index (χ1) is 9.24. The van der Waals surface area contributed by atoms with Crippen LogP contribution >= 0.6 is 0 Å². The van der Waals surface area contributed by atoms with Crippen LogP contribution in [0.3, 0.4) is 0 Å². The minimum absolute atomic E-state index is 0.268. The Morgan fingerprint density at radius 1 is 1.32 bits per heavy atom. The van der Waals surface area contributed by atoms with Crippen LogP contribution in [0.25, 0.3) is 0 Å². The molecule has 1 aromatic carbocycles. The van der Waals surface area contributed by atoms with Gasteiger partial charge < -0.3 is 4.74 Å². The highest BCUT2D eigenvalue weighted by atomic mass is 16.5. The highest BCUT2D eigenvalue weighted by Crippen LogP contribution is 2.21. The second-order valence-electron chi connectivity index (χ2n) is 5.22. The van der Waals surface area contributed by atoms with Gasteiger partial charge in [0.25, 0.3) is 0 Å². The second kappa shape index (κ2) is 6.71. The van der Waals surface area contributed by atoms with Crippen molar-refractivity contribution in [2.75, 3.05) is 13.7 Å². The fourth-order valence-corrected chi connectivity index (χ4v) is 2.83. The van der Waals surface area contributed by atoms with Crippen LogP contribution in [-0.4, -0.2) is 30.6 Å². The molecule has 0 spiro atoms. The van der Waals surface area contributed by atoms with E-state index < -0.39 is 0 Å². The summed E-state index contributed by atoms with van der Waals surface area (Å²) in [5.74, 6) is -0.268. The Morgan fingerprint density at radius 3 is 2.68 bits per heavy atom. The van der Waals surface area contributed by atoms with Crippen LogP contribution in [0.15, 0.2) is 24.3 Å². The van der Waals surface area contributed by atoms with E-state index in [0.717, 1.165) is 6.54 Å². The van der Waals surface area contributed by atoms with Crippen molar-refractivity contribution in [3.8, 4) is 0 Å². The maximum absolute atomic E-state index is 11.4. The van der Waals surface area contributed by atoms with E-state index in [-0.39, 0.29) is 5.97 Å². The third kappa shape index (κ3) is 3.57. The molecule has 1 aliphatic heterocycles. The molecule has 1 atom stereocenters. The minimum atomic E-state index is -0.268. The zero-order valence-electron chi connectivity index (χ0n) is 11.9. The van der Waals surface area contributed by atoms with E-state index in [1.807, 2.05) is 24.3 Å². The molecule has 0 saturated carbocycles. The quantitative estimate of drug-likeness (QED) is 0.779. The number of carbonyl (C=O) groups excluding carboxylic acids is 1. The number of carbonyl (C=O) groups is 1. The van der Waals surface area contributed by atoms with Crippen LogP contribution < -0.4 is 0 Å². The molecular formula is C16H23NO2. The number of hydrogen-bond acceptors (Lipinski definition) is 3. The van der Waals surface area contributed by atoms with Crippen LogP contribution in [-0.2, 0) is 11.3 Å². The third-order valence-corrected chi connectivity index (χ3v) is 3.98. The number of rotatable bonds is 4. The molecule has 1 aliphatic rings. The SMILES string of the molecule is CCC1CCCCN1Cc1ccc(C(=O)OC)cc1. The van der Waals surface area contributed by atoms with E-state index in [9.17, 15) is 4.79 Å². The molecule has 0 N–H and O–H groups in total. The number of likely N-dealkylation sites (tertiary alicyclic amines) is 1. The number of piperidine rings is 1. The number of esters is 1. The monoisotopic (exact) mass is 261 g/mol. The maximum atomic E-state index is 11.4. The largest absolute Gasteiger partial charge is 0.465 e. The van der Waals surface area contributed by atoms with Crippen LogP contribution in [0, 0.1) is 0 Å². The van der Waals surface area contributed by atoms with Crippen molar-refractivity contribution in [3.63, 3.8) is 0 Å². The molecular weight excluding hydrogens is 238 g/mol. The van der Waals surface area contributed by atoms with E-state index in [2.05, 4.69) is 11.8 Å². The molecule has 1 aromatic rings. The Hall–Kier alpha value is -1.35. The number of hydrogen-bond donors (Lipinski definition) is 0. The van der Waals surface area contributed by atoms with Gasteiger partial charge in [-0.05, 0) is 43.5 Å². The third-order valence-electron chi connectivity index (χ3n) is 3.98. The number of methoxy groups -OCH3 is 1. The smallest absolute Gasteiger partial charge is 0.337 e. The Kier molecular flexibility index (Phi) is 4.97. The number of ether oxygens (including phenoxy) is 1. The molecule has 0 amide bonds. The van der Waals surface area contributed by atoms with Crippen molar-refractivity contribution in [1.82, 2.24) is 4.90 Å². The topological polar surface area (TPSA) is 29.5 Å². The molecule has 3 heteroatoms. The molecule has 0 bridgehead atoms. The fraction of sp³-hybridized carbons (Fsp3) is 0.562. The zero-order chi connectivity index (χ0) is 13.7. The van der Waals surface area contributed by atoms with Gasteiger partial charge in [-0.3, -0.25) is 4.90 Å². The van der Waals surface area contributed by atoms with Gasteiger partial charge in [0.1, 0.15) is 0 Å². The molecule has 1 unspecified atom stereocenters. The average molecular weight is 261 g/mol. The lowest BCUT2D eigenvalue weighted by Crippen LogP contribution is -2.38. The van der Waals surface area contributed by atoms with Crippen LogP contribution in [0.2, 0.25) is 0 Å². The van der Waals surface area contributed by atoms with Gasteiger partial charge in [0, 0.05) is 12.6 Å². The zero-order valence-corrected chi connectivity index (χ0v) is 11.9. The standard InChI is InChI=1S/C16H23NO2/c1-3-15-6-4-5-11-17(15)12-13-7-9-14(10-8-13)16(18)19-2/h7-10,15H,3-6,11-12H2,1-2H3. The van der Waals surface area contributed by atoms with Gasteiger partial charge in [-0.1, -0.05) is 25.5 Å². The Bertz CT molecular complexity index is 413. The predicted molar refractivity (Wildman–Crippen MR) is 76.1 cm³/mol. The Labute approximate surface area is 115 Å². The van der Waals surface area contributed by atoms with Gasteiger partial charge in [-0.2, -0.15) is 0 Å². The summed E-state index contributed by atoms with van der Waals surface area (Å²) in [6.45, 7) is 4.44. The Morgan fingerprint density at radius 2 is 2.05 bits per heavy atom. The van der Waals surface area contributed by atoms with Gasteiger partial charge in [-0.25, -0.2) is 4.79 Å². The minimum Gasteiger partial charge on any atom is -0.465 e. The first kappa shape index (κ1) is 14.1. The van der Waals surface area contributed by atoms with E-state index in [1.165, 1.54) is 44.9 Å². The first-order valence-electron chi connectivity index (χ1n) is 7.16. The van der Waals surface area contributed by atoms with Crippen LogP contribution in [0.5, 0.6) is 0 Å². The highest BCUT2D eigenvalue weighted by molar-refractivity contribution is 5.89. The molecule has 1 saturated heterocycles. The number of nitrogens with zero attached hydrogens (tertiary/aromatic N) is 1. The summed E-state index contributed by atoms with van der Waals surface area (Å²) in [7, 11) is 1.41. The van der Waals surface area contributed by atoms with Gasteiger partial charge in [-0.15, -0.1) is 0 Å². The van der Waals surface area contributed by atoms with Crippen LogP contribution in [0.4, 0.5) is 0 Å². The van der Waals surface area contributed by atoms with Crippen molar-refractivity contribution in [2.24, 2.45) is 0 Å². The van der Waals surface area contributed by atoms with Crippen LogP contribution in [0.1, 0.15) is 48.5 Å². The summed E-state index contributed by atoms with van der Waals surface area (Å²) in [5, 5.41) is 0. The summed E-state index contributed by atoms with van der Waals surface area (Å²) < 4.78 is 4.71. The van der Waals surface area contributed by atoms with E-state index in [4.69, 9.17) is 4.74 Å². The number of benzene rings is 1. The Balaban J connectivity index is 2.00. The highest BCUT2D eigenvalue weighted by Gasteiger charge is 2.20. The average Bonchev–Trinajstić information content (AvgIpc) is 2.48. The molecule has 0 radical (unpaired) electrons. The molecule has 2 rings (SSSR count). The maximum Gasteiger partial charge on any atom is 0.337 e. The molecule has 1 heterocycles. The van der Waals surface area contributed by atoms with Crippen molar-refractivity contribution in [3.05, 3.63) is 35.4 Å². The summed E-state index contributed by atoms with van der Waals surface area (Å²) >= 11 is 0. The lowest BCUT2D eigenvalue weighted by Gasteiger charge is -2.35. The van der Waals surface area contributed by atoms with Crippen molar-refractivity contribution in [2.45, 2.75) is 45.2 Å². The molecule has 1 fully saturated rings. The van der Waals surface area contributed by atoms with Crippen molar-refractivity contribution < 1.29 is 9.53 Å². The molecule has 0 aliphatic carbocycles. The fourth-order valence-electron chi connectivity index (χ4n) is 2.83. The summed E-state index contributed by atoms with van der Waals surface area (Å²) in [6, 6.07) is 8.49. The molecule has 0 aromatic heterocycles. The van der Waals surface area contributed by atoms with Crippen molar-refractivity contribution in [1.29, 1.82) is 0 Å². The van der Waals surface area contributed by atoms with Gasteiger partial charge in [0.2, 0.25) is 0 Å². The lowest BCUT2D eigenvalue weighted by atomic mass is 9.99. The summed E-state index contributed by atoms with van der Waals surface area (Å²) in [5.41, 5.74) is 1.89. The molecule has 19 heavy (non-hydrogen) atoms. The van der Waals surface area contributed by atoms with E-state index in [0.29, 0.717) is 11.6 Å². The first-order valence-corrected chi connectivity index (χ1v) is 7.16. The van der Waals surface area contributed by atoms with Gasteiger partial charge in [0.05, 0.1) is 12.7 Å². The van der Waals surface area contributed by atoms with E-state index in [1.54, 1.807) is 0 Å². The van der Waals surface area contributed by atoms with E-state index >= 15 is 0 Å². The van der Waals surface area contributed by atoms with Gasteiger partial charge in [0.15, 0.2) is 0 Å². The normalized spacial score (nSPS) is 20.2. The molecule has 3 nitrogen and oxygen atoms in total. The predicted octanol–water partition coefficient (Wildman–Crippen LogP) is 3.24. The lowest BCUT2D eigenvalue weighted by molar-refractivity contribution is 0.0600. The van der Waals surface area contributed by atoms with Crippen molar-refractivity contribution >= 4 is 5.97 Å². The second-order valence-corrected chi connectivity index (χ2v) is 5.22. The summed E-state index contributed by atoms with van der Waals surface area (Å²) in [6.07, 6.45) is 5.20. The van der Waals surface area contributed by atoms with Gasteiger partial charge >= 0.3 is 5.97 Å². The molecule has 104 valence electrons. The summed E-state index contributed by atoms with van der Waals surface area (Å²) in [4.78, 5) is 13.9.